The molecule has 104 valence electrons. The van der Waals surface area contributed by atoms with Gasteiger partial charge in [0.15, 0.2) is 5.82 Å². The number of fused-ring (bicyclic) bond motifs is 1. The highest BCUT2D eigenvalue weighted by Crippen LogP contribution is 2.31. The summed E-state index contributed by atoms with van der Waals surface area (Å²) in [6.07, 6.45) is 1.00. The Bertz CT molecular complexity index is 637. The summed E-state index contributed by atoms with van der Waals surface area (Å²) in [7, 11) is 0. The number of nitrogens with zero attached hydrogens (tertiary/aromatic N) is 2. The van der Waals surface area contributed by atoms with Crippen molar-refractivity contribution >= 4 is 11.6 Å². The number of rotatable bonds is 3. The van der Waals surface area contributed by atoms with Crippen LogP contribution in [0.3, 0.4) is 0 Å². The highest BCUT2D eigenvalue weighted by molar-refractivity contribution is 5.93. The number of aromatic amines is 1. The molecule has 0 spiro atoms. The van der Waals surface area contributed by atoms with E-state index < -0.39 is 0 Å². The van der Waals surface area contributed by atoms with Crippen LogP contribution in [0, 0.1) is 0 Å². The number of nitrogens with one attached hydrogen (secondary N) is 2. The lowest BCUT2D eigenvalue weighted by molar-refractivity contribution is -0.116. The standard InChI is InChI=1S/C13H15N5O2/c14-5-3-11-16-13(18-17-11)8-1-2-10-9(7-8)15-12(19)4-6-20-10/h1-2,7H,3-6,14H2,(H,15,19)(H,16,17,18). The summed E-state index contributed by atoms with van der Waals surface area (Å²) in [5.74, 6) is 1.93. The second-order valence-corrected chi connectivity index (χ2v) is 4.50. The normalized spacial score (nSPS) is 14.2. The summed E-state index contributed by atoms with van der Waals surface area (Å²) in [4.78, 5) is 15.9. The number of carbonyl (C=O) groups excluding carboxylic acids is 1. The molecular weight excluding hydrogens is 258 g/mol. The molecule has 1 aliphatic rings. The molecule has 0 fully saturated rings. The van der Waals surface area contributed by atoms with Gasteiger partial charge in [0.1, 0.15) is 11.6 Å². The highest BCUT2D eigenvalue weighted by Gasteiger charge is 2.15. The molecule has 0 atom stereocenters. The number of H-pyrrole nitrogens is 1. The first-order valence-electron chi connectivity index (χ1n) is 6.44. The summed E-state index contributed by atoms with van der Waals surface area (Å²) < 4.78 is 5.51. The monoisotopic (exact) mass is 273 g/mol. The van der Waals surface area contributed by atoms with E-state index in [-0.39, 0.29) is 5.91 Å². The Morgan fingerprint density at radius 3 is 3.15 bits per heavy atom. The molecule has 2 aromatic rings. The number of amides is 1. The van der Waals surface area contributed by atoms with Crippen molar-refractivity contribution in [1.82, 2.24) is 15.2 Å². The summed E-state index contributed by atoms with van der Waals surface area (Å²) in [5.41, 5.74) is 6.94. The van der Waals surface area contributed by atoms with Crippen LogP contribution in [-0.2, 0) is 11.2 Å². The van der Waals surface area contributed by atoms with Crippen LogP contribution in [-0.4, -0.2) is 34.2 Å². The molecule has 0 bridgehead atoms. The maximum atomic E-state index is 11.5. The van der Waals surface area contributed by atoms with Crippen molar-refractivity contribution in [3.63, 3.8) is 0 Å². The minimum atomic E-state index is -0.0558. The van der Waals surface area contributed by atoms with Crippen molar-refractivity contribution in [1.29, 1.82) is 0 Å². The number of carbonyl (C=O) groups is 1. The fraction of sp³-hybridized carbons (Fsp3) is 0.308. The quantitative estimate of drug-likeness (QED) is 0.763. The second kappa shape index (κ2) is 5.30. The average molecular weight is 273 g/mol. The van der Waals surface area contributed by atoms with E-state index in [1.54, 1.807) is 0 Å². The van der Waals surface area contributed by atoms with Crippen molar-refractivity contribution in [2.75, 3.05) is 18.5 Å². The number of ether oxygens (including phenoxy) is 1. The fourth-order valence-electron chi connectivity index (χ4n) is 2.03. The van der Waals surface area contributed by atoms with Gasteiger partial charge in [0, 0.05) is 12.0 Å². The van der Waals surface area contributed by atoms with E-state index in [0.717, 1.165) is 11.4 Å². The first kappa shape index (κ1) is 12.6. The Balaban J connectivity index is 1.92. The fourth-order valence-corrected chi connectivity index (χ4v) is 2.03. The van der Waals surface area contributed by atoms with E-state index in [1.165, 1.54) is 0 Å². The smallest absolute Gasteiger partial charge is 0.227 e. The van der Waals surface area contributed by atoms with Gasteiger partial charge in [-0.2, -0.15) is 5.10 Å². The third-order valence-electron chi connectivity index (χ3n) is 3.01. The van der Waals surface area contributed by atoms with Crippen LogP contribution in [0.2, 0.25) is 0 Å². The Morgan fingerprint density at radius 1 is 1.40 bits per heavy atom. The Hall–Kier alpha value is -2.41. The van der Waals surface area contributed by atoms with Gasteiger partial charge in [-0.25, -0.2) is 4.98 Å². The minimum absolute atomic E-state index is 0.0558. The number of benzene rings is 1. The molecule has 1 aromatic carbocycles. The predicted molar refractivity (Wildman–Crippen MR) is 73.3 cm³/mol. The first-order chi connectivity index (χ1) is 9.76. The Morgan fingerprint density at radius 2 is 2.30 bits per heavy atom. The van der Waals surface area contributed by atoms with Gasteiger partial charge >= 0.3 is 0 Å². The van der Waals surface area contributed by atoms with Crippen LogP contribution in [0.1, 0.15) is 12.2 Å². The van der Waals surface area contributed by atoms with Gasteiger partial charge in [-0.15, -0.1) is 0 Å². The Labute approximate surface area is 115 Å². The largest absolute Gasteiger partial charge is 0.491 e. The van der Waals surface area contributed by atoms with Crippen molar-refractivity contribution in [2.45, 2.75) is 12.8 Å². The van der Waals surface area contributed by atoms with Crippen molar-refractivity contribution in [2.24, 2.45) is 5.73 Å². The van der Waals surface area contributed by atoms with Gasteiger partial charge < -0.3 is 15.8 Å². The van der Waals surface area contributed by atoms with E-state index in [1.807, 2.05) is 18.2 Å². The van der Waals surface area contributed by atoms with Crippen LogP contribution >= 0.6 is 0 Å². The molecule has 0 aliphatic carbocycles. The Kier molecular flexibility index (Phi) is 3.34. The highest BCUT2D eigenvalue weighted by atomic mass is 16.5. The third-order valence-corrected chi connectivity index (χ3v) is 3.01. The third kappa shape index (κ3) is 2.48. The van der Waals surface area contributed by atoms with Gasteiger partial charge in [-0.3, -0.25) is 9.89 Å². The molecule has 3 rings (SSSR count). The van der Waals surface area contributed by atoms with Crippen LogP contribution < -0.4 is 15.8 Å². The molecule has 1 amide bonds. The molecule has 0 saturated carbocycles. The minimum Gasteiger partial charge on any atom is -0.491 e. The average Bonchev–Trinajstić information content (AvgIpc) is 2.81. The molecule has 0 radical (unpaired) electrons. The maximum absolute atomic E-state index is 11.5. The van der Waals surface area contributed by atoms with Gasteiger partial charge in [0.2, 0.25) is 5.91 Å². The maximum Gasteiger partial charge on any atom is 0.227 e. The van der Waals surface area contributed by atoms with Crippen LogP contribution in [0.4, 0.5) is 5.69 Å². The zero-order valence-electron chi connectivity index (χ0n) is 10.8. The molecule has 1 aromatic heterocycles. The summed E-state index contributed by atoms with van der Waals surface area (Å²) in [6.45, 7) is 0.905. The van der Waals surface area contributed by atoms with E-state index in [9.17, 15) is 4.79 Å². The van der Waals surface area contributed by atoms with Crippen LogP contribution in [0.5, 0.6) is 5.75 Å². The molecule has 20 heavy (non-hydrogen) atoms. The zero-order valence-corrected chi connectivity index (χ0v) is 10.8. The molecule has 7 heteroatoms. The molecular formula is C13H15N5O2. The lowest BCUT2D eigenvalue weighted by Gasteiger charge is -2.07. The number of hydrogen-bond donors (Lipinski definition) is 3. The van der Waals surface area contributed by atoms with Crippen molar-refractivity contribution < 1.29 is 9.53 Å². The van der Waals surface area contributed by atoms with E-state index in [4.69, 9.17) is 10.5 Å². The summed E-state index contributed by atoms with van der Waals surface area (Å²) in [5, 5.41) is 9.81. The van der Waals surface area contributed by atoms with Crippen LogP contribution in [0.25, 0.3) is 11.4 Å². The van der Waals surface area contributed by atoms with Crippen molar-refractivity contribution in [3.8, 4) is 17.1 Å². The van der Waals surface area contributed by atoms with Gasteiger partial charge in [0.25, 0.3) is 0 Å². The topological polar surface area (TPSA) is 106 Å². The predicted octanol–water partition coefficient (Wildman–Crippen LogP) is 0.694. The van der Waals surface area contributed by atoms with E-state index in [2.05, 4.69) is 20.5 Å². The van der Waals surface area contributed by atoms with E-state index >= 15 is 0 Å². The SMILES string of the molecule is NCCc1nc(-c2ccc3c(c2)NC(=O)CCO3)n[nH]1. The molecule has 2 heterocycles. The van der Waals surface area contributed by atoms with Crippen molar-refractivity contribution in [3.05, 3.63) is 24.0 Å². The summed E-state index contributed by atoms with van der Waals surface area (Å²) >= 11 is 0. The van der Waals surface area contributed by atoms with Gasteiger partial charge in [-0.1, -0.05) is 0 Å². The number of nitrogens with two attached hydrogens (primary N) is 1. The second-order valence-electron chi connectivity index (χ2n) is 4.50. The molecule has 4 N–H and O–H groups in total. The number of hydrogen-bond acceptors (Lipinski definition) is 5. The summed E-state index contributed by atoms with van der Waals surface area (Å²) in [6, 6.07) is 5.49. The zero-order chi connectivity index (χ0) is 13.9. The lowest BCUT2D eigenvalue weighted by Crippen LogP contribution is -2.10. The molecule has 0 saturated heterocycles. The molecule has 7 nitrogen and oxygen atoms in total. The number of aromatic nitrogens is 3. The van der Waals surface area contributed by atoms with E-state index in [0.29, 0.717) is 43.3 Å². The van der Waals surface area contributed by atoms with Crippen LogP contribution in [0.15, 0.2) is 18.2 Å². The molecule has 0 unspecified atom stereocenters. The molecule has 1 aliphatic heterocycles. The lowest BCUT2D eigenvalue weighted by atomic mass is 10.1. The van der Waals surface area contributed by atoms with Gasteiger partial charge in [-0.05, 0) is 24.7 Å². The first-order valence-corrected chi connectivity index (χ1v) is 6.44. The number of anilines is 1. The van der Waals surface area contributed by atoms with Gasteiger partial charge in [0.05, 0.1) is 18.7 Å².